The number of alkyl halides is 3. The molecule has 1 unspecified atom stereocenters. The molecule has 7 rings (SSSR count). The van der Waals surface area contributed by atoms with Crippen LogP contribution < -0.4 is 20.5 Å². The zero-order valence-electron chi connectivity index (χ0n) is 25.4. The van der Waals surface area contributed by atoms with Crippen LogP contribution in [0.1, 0.15) is 65.8 Å². The summed E-state index contributed by atoms with van der Waals surface area (Å²) < 4.78 is 69.3. The van der Waals surface area contributed by atoms with Crippen LogP contribution in [0.2, 0.25) is 0 Å². The van der Waals surface area contributed by atoms with Crippen LogP contribution in [0, 0.1) is 11.7 Å². The lowest BCUT2D eigenvalue weighted by Crippen LogP contribution is -2.44. The highest BCUT2D eigenvalue weighted by Crippen LogP contribution is 2.50. The third-order valence-corrected chi connectivity index (χ3v) is 9.37. The van der Waals surface area contributed by atoms with E-state index in [1.165, 1.54) is 20.1 Å². The van der Waals surface area contributed by atoms with E-state index in [1.807, 2.05) is 10.9 Å². The Morgan fingerprint density at radius 1 is 1.17 bits per heavy atom. The molecule has 0 saturated heterocycles. The summed E-state index contributed by atoms with van der Waals surface area (Å²) in [5.41, 5.74) is 1.41. The lowest BCUT2D eigenvalue weighted by Gasteiger charge is -2.30. The number of hydrogen-bond acceptors (Lipinski definition) is 7. The van der Waals surface area contributed by atoms with Gasteiger partial charge in [0.2, 0.25) is 5.91 Å². The minimum absolute atomic E-state index is 0.0671. The highest BCUT2D eigenvalue weighted by atomic mass is 19.4. The Morgan fingerprint density at radius 2 is 1.91 bits per heavy atom. The highest BCUT2D eigenvalue weighted by molar-refractivity contribution is 6.00. The molecule has 10 nitrogen and oxygen atoms in total. The number of methoxy groups -OCH3 is 1. The summed E-state index contributed by atoms with van der Waals surface area (Å²) in [4.78, 5) is 30.6. The van der Waals surface area contributed by atoms with Crippen LogP contribution in [0.3, 0.4) is 0 Å². The monoisotopic (exact) mass is 653 g/mol. The Labute approximate surface area is 265 Å². The van der Waals surface area contributed by atoms with Gasteiger partial charge in [0.05, 0.1) is 31.0 Å². The van der Waals surface area contributed by atoms with Crippen LogP contribution in [0.4, 0.5) is 17.6 Å². The minimum Gasteiger partial charge on any atom is -0.494 e. The average Bonchev–Trinajstić information content (AvgIpc) is 3.98. The normalized spacial score (nSPS) is 20.4. The summed E-state index contributed by atoms with van der Waals surface area (Å²) in [5, 5.41) is 20.3. The van der Waals surface area contributed by atoms with Crippen molar-refractivity contribution in [3.05, 3.63) is 70.8 Å². The molecule has 1 aliphatic heterocycles. The Hall–Kier alpha value is -4.72. The lowest BCUT2D eigenvalue weighted by molar-refractivity contribution is -0.137. The summed E-state index contributed by atoms with van der Waals surface area (Å²) in [6.45, 7) is 0.878. The average molecular weight is 654 g/mol. The molecule has 0 radical (unpaired) electrons. The first kappa shape index (κ1) is 30.9. The Bertz CT molecular complexity index is 1950. The molecule has 4 N–H and O–H groups in total. The van der Waals surface area contributed by atoms with Crippen LogP contribution in [-0.4, -0.2) is 51.9 Å². The quantitative estimate of drug-likeness (QED) is 0.221. The highest BCUT2D eigenvalue weighted by Gasteiger charge is 2.50. The van der Waals surface area contributed by atoms with Gasteiger partial charge in [0.1, 0.15) is 46.1 Å². The standard InChI is InChI=1S/C33H31F4N5O5/c1-31(30(38)44)15-47-28-22(31)12-25(40-27(28)21-11-19(33(35,36)37)5-8-23(21)34)32(45,18-3-4-18)14-39-29(43)16-9-17-13-42(20-6-7-20)41-26(17)24(10-16)46-2/h5,8-13,18,20,45H,3-4,6-7,14-15H2,1-2H3,(H2,38,44)(H,39,43)/t31-,32?/m0/s1. The SMILES string of the molecule is COc1cc(C(=O)NCC(O)(c2cc3c(c(-c4cc(C(F)(F)F)ccc4F)n2)OC[C@]3(C)C(N)=O)C2CC2)cc2cn(C3CC3)nc12. The van der Waals surface area contributed by atoms with Gasteiger partial charge in [0.15, 0.2) is 0 Å². The first-order chi connectivity index (χ1) is 22.2. The fourth-order valence-corrected chi connectivity index (χ4v) is 6.13. The van der Waals surface area contributed by atoms with Gasteiger partial charge in [-0.1, -0.05) is 0 Å². The number of hydrogen-bond donors (Lipinski definition) is 3. The van der Waals surface area contributed by atoms with E-state index in [0.717, 1.165) is 12.8 Å². The van der Waals surface area contributed by atoms with Crippen molar-refractivity contribution in [2.45, 2.75) is 55.8 Å². The van der Waals surface area contributed by atoms with E-state index in [4.69, 9.17) is 15.2 Å². The first-order valence-corrected chi connectivity index (χ1v) is 15.2. The van der Waals surface area contributed by atoms with Gasteiger partial charge < -0.3 is 25.6 Å². The number of carbonyl (C=O) groups excluding carboxylic acids is 2. The number of primary amides is 1. The first-order valence-electron chi connectivity index (χ1n) is 15.2. The number of aromatic nitrogens is 3. The number of nitrogens with zero attached hydrogens (tertiary/aromatic N) is 3. The second kappa shape index (κ2) is 10.7. The molecule has 246 valence electrons. The molecular weight excluding hydrogens is 622 g/mol. The summed E-state index contributed by atoms with van der Waals surface area (Å²) in [6, 6.07) is 6.84. The summed E-state index contributed by atoms with van der Waals surface area (Å²) in [5.74, 6) is -2.44. The van der Waals surface area contributed by atoms with Gasteiger partial charge in [-0.3, -0.25) is 14.3 Å². The van der Waals surface area contributed by atoms with E-state index >= 15 is 4.39 Å². The molecule has 2 aromatic carbocycles. The van der Waals surface area contributed by atoms with E-state index in [0.29, 0.717) is 53.7 Å². The van der Waals surface area contributed by atoms with Crippen molar-refractivity contribution in [3.8, 4) is 22.8 Å². The van der Waals surface area contributed by atoms with Crippen LogP contribution >= 0.6 is 0 Å². The van der Waals surface area contributed by atoms with Gasteiger partial charge in [0.25, 0.3) is 5.91 Å². The number of rotatable bonds is 9. The molecule has 3 heterocycles. The van der Waals surface area contributed by atoms with Crippen molar-refractivity contribution in [1.29, 1.82) is 0 Å². The van der Waals surface area contributed by atoms with E-state index in [1.54, 1.807) is 12.1 Å². The van der Waals surface area contributed by atoms with E-state index in [-0.39, 0.29) is 41.4 Å². The molecule has 4 aromatic rings. The van der Waals surface area contributed by atoms with Crippen LogP contribution in [0.5, 0.6) is 11.5 Å². The maximum absolute atomic E-state index is 15.2. The van der Waals surface area contributed by atoms with Crippen molar-refractivity contribution in [3.63, 3.8) is 0 Å². The predicted octanol–water partition coefficient (Wildman–Crippen LogP) is 4.76. The van der Waals surface area contributed by atoms with Crippen molar-refractivity contribution < 1.29 is 41.7 Å². The number of halogens is 4. The number of pyridine rings is 1. The van der Waals surface area contributed by atoms with Crippen molar-refractivity contribution in [2.75, 3.05) is 20.3 Å². The molecule has 2 aromatic heterocycles. The van der Waals surface area contributed by atoms with E-state index < -0.39 is 51.9 Å². The fraction of sp³-hybridized carbons (Fsp3) is 0.394. The summed E-state index contributed by atoms with van der Waals surface area (Å²) in [6.07, 6.45) is 0.227. The Balaban J connectivity index is 1.28. The van der Waals surface area contributed by atoms with Crippen molar-refractivity contribution in [2.24, 2.45) is 11.7 Å². The van der Waals surface area contributed by atoms with Gasteiger partial charge in [-0.15, -0.1) is 0 Å². The number of nitrogens with two attached hydrogens (primary N) is 1. The van der Waals surface area contributed by atoms with Gasteiger partial charge in [-0.25, -0.2) is 9.37 Å². The predicted molar refractivity (Wildman–Crippen MR) is 160 cm³/mol. The molecule has 2 aliphatic carbocycles. The number of nitrogens with one attached hydrogen (secondary N) is 1. The van der Waals surface area contributed by atoms with E-state index in [2.05, 4.69) is 15.4 Å². The smallest absolute Gasteiger partial charge is 0.416 e. The fourth-order valence-electron chi connectivity index (χ4n) is 6.13. The Morgan fingerprint density at radius 3 is 2.55 bits per heavy atom. The van der Waals surface area contributed by atoms with Crippen LogP contribution in [0.25, 0.3) is 22.2 Å². The van der Waals surface area contributed by atoms with Crippen LogP contribution in [0.15, 0.2) is 42.6 Å². The molecule has 3 aliphatic rings. The second-order valence-electron chi connectivity index (χ2n) is 12.7. The number of ether oxygens (including phenoxy) is 2. The molecular formula is C33H31F4N5O5. The molecule has 2 fully saturated rings. The lowest BCUT2D eigenvalue weighted by atomic mass is 9.81. The van der Waals surface area contributed by atoms with Gasteiger partial charge in [0, 0.05) is 28.3 Å². The maximum atomic E-state index is 15.2. The second-order valence-corrected chi connectivity index (χ2v) is 12.7. The number of aliphatic hydroxyl groups is 1. The molecule has 14 heteroatoms. The largest absolute Gasteiger partial charge is 0.494 e. The molecule has 0 bridgehead atoms. The molecule has 2 saturated carbocycles. The topological polar surface area (TPSA) is 142 Å². The van der Waals surface area contributed by atoms with Crippen molar-refractivity contribution in [1.82, 2.24) is 20.1 Å². The van der Waals surface area contributed by atoms with Crippen molar-refractivity contribution >= 4 is 22.7 Å². The number of carbonyl (C=O) groups is 2. The number of benzene rings is 2. The number of amides is 2. The summed E-state index contributed by atoms with van der Waals surface area (Å²) >= 11 is 0. The van der Waals surface area contributed by atoms with Crippen LogP contribution in [-0.2, 0) is 22.0 Å². The van der Waals surface area contributed by atoms with Gasteiger partial charge in [-0.05, 0) is 74.9 Å². The third-order valence-electron chi connectivity index (χ3n) is 9.37. The zero-order chi connectivity index (χ0) is 33.5. The minimum atomic E-state index is -4.78. The molecule has 2 atom stereocenters. The summed E-state index contributed by atoms with van der Waals surface area (Å²) in [7, 11) is 1.48. The molecule has 2 amide bonds. The van der Waals surface area contributed by atoms with E-state index in [9.17, 15) is 27.9 Å². The zero-order valence-corrected chi connectivity index (χ0v) is 25.4. The molecule has 0 spiro atoms. The third kappa shape index (κ3) is 5.24. The van der Waals surface area contributed by atoms with Gasteiger partial charge >= 0.3 is 6.18 Å². The Kier molecular flexibility index (Phi) is 7.01. The number of fused-ring (bicyclic) bond motifs is 2. The maximum Gasteiger partial charge on any atom is 0.416 e. The van der Waals surface area contributed by atoms with Gasteiger partial charge in [-0.2, -0.15) is 18.3 Å². The molecule has 47 heavy (non-hydrogen) atoms.